The van der Waals surface area contributed by atoms with Crippen LogP contribution in [0.4, 0.5) is 5.82 Å². The Kier molecular flexibility index (Phi) is 4.95. The van der Waals surface area contributed by atoms with Crippen LogP contribution in [0.3, 0.4) is 0 Å². The highest BCUT2D eigenvalue weighted by Crippen LogP contribution is 2.15. The molecule has 0 aromatic carbocycles. The summed E-state index contributed by atoms with van der Waals surface area (Å²) < 4.78 is 0. The van der Waals surface area contributed by atoms with Gasteiger partial charge in [0.05, 0.1) is 5.56 Å². The third-order valence-electron chi connectivity index (χ3n) is 3.71. The Morgan fingerprint density at radius 2 is 2.25 bits per heavy atom. The molecule has 5 heteroatoms. The predicted molar refractivity (Wildman–Crippen MR) is 81.2 cm³/mol. The molecule has 0 saturated carbocycles. The minimum absolute atomic E-state index is 0.00967. The van der Waals surface area contributed by atoms with Crippen molar-refractivity contribution in [3.05, 3.63) is 23.9 Å². The van der Waals surface area contributed by atoms with Crippen molar-refractivity contribution in [1.82, 2.24) is 15.2 Å². The molecule has 1 fully saturated rings. The number of nitrogens with one attached hydrogen (secondary N) is 1. The SMILES string of the molecule is CCN(CC1CCCN1)c1ccc(C(=O)N(C)C)cn1. The van der Waals surface area contributed by atoms with Gasteiger partial charge in [0.2, 0.25) is 0 Å². The summed E-state index contributed by atoms with van der Waals surface area (Å²) in [5.41, 5.74) is 0.633. The van der Waals surface area contributed by atoms with E-state index in [4.69, 9.17) is 0 Å². The van der Waals surface area contributed by atoms with Gasteiger partial charge in [-0.3, -0.25) is 4.79 Å². The van der Waals surface area contributed by atoms with Crippen molar-refractivity contribution < 1.29 is 4.79 Å². The zero-order chi connectivity index (χ0) is 14.5. The molecule has 1 aromatic heterocycles. The summed E-state index contributed by atoms with van der Waals surface area (Å²) in [6.45, 7) is 5.15. The topological polar surface area (TPSA) is 48.5 Å². The van der Waals surface area contributed by atoms with Gasteiger partial charge in [-0.2, -0.15) is 0 Å². The van der Waals surface area contributed by atoms with E-state index in [1.54, 1.807) is 25.2 Å². The molecule has 0 aliphatic carbocycles. The van der Waals surface area contributed by atoms with Crippen LogP contribution in [-0.4, -0.2) is 55.6 Å². The van der Waals surface area contributed by atoms with Crippen molar-refractivity contribution in [2.75, 3.05) is 38.6 Å². The maximum absolute atomic E-state index is 11.8. The lowest BCUT2D eigenvalue weighted by Gasteiger charge is -2.25. The molecule has 1 amide bonds. The van der Waals surface area contributed by atoms with E-state index in [0.29, 0.717) is 11.6 Å². The molecular formula is C15H24N4O. The van der Waals surface area contributed by atoms with Crippen LogP contribution in [0, 0.1) is 0 Å². The number of amides is 1. The number of likely N-dealkylation sites (N-methyl/N-ethyl adjacent to an activating group) is 1. The predicted octanol–water partition coefficient (Wildman–Crippen LogP) is 1.36. The van der Waals surface area contributed by atoms with E-state index in [-0.39, 0.29) is 5.91 Å². The summed E-state index contributed by atoms with van der Waals surface area (Å²) in [5.74, 6) is 0.932. The highest BCUT2D eigenvalue weighted by molar-refractivity contribution is 5.93. The number of carbonyl (C=O) groups is 1. The fourth-order valence-corrected chi connectivity index (χ4v) is 2.52. The molecule has 1 atom stereocenters. The highest BCUT2D eigenvalue weighted by Gasteiger charge is 2.18. The summed E-state index contributed by atoms with van der Waals surface area (Å²) in [7, 11) is 3.50. The lowest BCUT2D eigenvalue weighted by atomic mass is 10.2. The van der Waals surface area contributed by atoms with E-state index in [1.165, 1.54) is 12.8 Å². The molecule has 1 N–H and O–H groups in total. The van der Waals surface area contributed by atoms with Crippen molar-refractivity contribution in [2.24, 2.45) is 0 Å². The molecule has 1 unspecified atom stereocenters. The van der Waals surface area contributed by atoms with E-state index in [0.717, 1.165) is 25.5 Å². The van der Waals surface area contributed by atoms with Crippen molar-refractivity contribution in [1.29, 1.82) is 0 Å². The maximum Gasteiger partial charge on any atom is 0.254 e. The fraction of sp³-hybridized carbons (Fsp3) is 0.600. The van der Waals surface area contributed by atoms with Crippen LogP contribution in [0.25, 0.3) is 0 Å². The van der Waals surface area contributed by atoms with Crippen LogP contribution >= 0.6 is 0 Å². The first kappa shape index (κ1) is 14.8. The number of rotatable bonds is 5. The van der Waals surface area contributed by atoms with E-state index < -0.39 is 0 Å². The molecule has 110 valence electrons. The molecular weight excluding hydrogens is 252 g/mol. The summed E-state index contributed by atoms with van der Waals surface area (Å²) in [5, 5.41) is 3.51. The first-order valence-corrected chi connectivity index (χ1v) is 7.28. The first-order valence-electron chi connectivity index (χ1n) is 7.28. The second kappa shape index (κ2) is 6.70. The average Bonchev–Trinajstić information content (AvgIpc) is 2.97. The van der Waals surface area contributed by atoms with Gasteiger partial charge >= 0.3 is 0 Å². The molecule has 0 spiro atoms. The van der Waals surface area contributed by atoms with E-state index in [9.17, 15) is 4.79 Å². The quantitative estimate of drug-likeness (QED) is 0.882. The van der Waals surface area contributed by atoms with Gasteiger partial charge in [0.15, 0.2) is 0 Å². The standard InChI is InChI=1S/C15H24N4O/c1-4-19(11-13-6-5-9-16-13)14-8-7-12(10-17-14)15(20)18(2)3/h7-8,10,13,16H,4-6,9,11H2,1-3H3. The highest BCUT2D eigenvalue weighted by atomic mass is 16.2. The maximum atomic E-state index is 11.8. The molecule has 1 aromatic rings. The number of aromatic nitrogens is 1. The zero-order valence-electron chi connectivity index (χ0n) is 12.6. The lowest BCUT2D eigenvalue weighted by molar-refractivity contribution is 0.0827. The minimum atomic E-state index is -0.00967. The van der Waals surface area contributed by atoms with Crippen LogP contribution in [0.1, 0.15) is 30.1 Å². The van der Waals surface area contributed by atoms with Crippen LogP contribution in [0.2, 0.25) is 0 Å². The monoisotopic (exact) mass is 276 g/mol. The number of hydrogen-bond acceptors (Lipinski definition) is 4. The van der Waals surface area contributed by atoms with Gasteiger partial charge in [-0.1, -0.05) is 0 Å². The number of pyridine rings is 1. The van der Waals surface area contributed by atoms with Gasteiger partial charge < -0.3 is 15.1 Å². The second-order valence-electron chi connectivity index (χ2n) is 5.44. The second-order valence-corrected chi connectivity index (χ2v) is 5.44. The largest absolute Gasteiger partial charge is 0.355 e. The summed E-state index contributed by atoms with van der Waals surface area (Å²) >= 11 is 0. The van der Waals surface area contributed by atoms with Crippen LogP contribution in [0.5, 0.6) is 0 Å². The molecule has 2 rings (SSSR count). The Morgan fingerprint density at radius 1 is 1.45 bits per heavy atom. The van der Waals surface area contributed by atoms with Gasteiger partial charge in [0.25, 0.3) is 5.91 Å². The Labute approximate surface area is 121 Å². The number of carbonyl (C=O) groups excluding carboxylic acids is 1. The van der Waals surface area contributed by atoms with Crippen molar-refractivity contribution in [3.8, 4) is 0 Å². The smallest absolute Gasteiger partial charge is 0.254 e. The summed E-state index contributed by atoms with van der Waals surface area (Å²) in [6.07, 6.45) is 4.15. The van der Waals surface area contributed by atoms with Crippen LogP contribution in [-0.2, 0) is 0 Å². The van der Waals surface area contributed by atoms with Crippen molar-refractivity contribution >= 4 is 11.7 Å². The van der Waals surface area contributed by atoms with Gasteiger partial charge in [-0.15, -0.1) is 0 Å². The molecule has 1 aliphatic rings. The first-order chi connectivity index (χ1) is 9.61. The van der Waals surface area contributed by atoms with E-state index in [2.05, 4.69) is 22.1 Å². The Morgan fingerprint density at radius 3 is 2.75 bits per heavy atom. The third kappa shape index (κ3) is 3.48. The Balaban J connectivity index is 2.04. The zero-order valence-corrected chi connectivity index (χ0v) is 12.6. The lowest BCUT2D eigenvalue weighted by Crippen LogP contribution is -2.38. The van der Waals surface area contributed by atoms with E-state index in [1.807, 2.05) is 12.1 Å². The Bertz CT molecular complexity index is 438. The van der Waals surface area contributed by atoms with Gasteiger partial charge in [0.1, 0.15) is 5.82 Å². The van der Waals surface area contributed by atoms with Crippen molar-refractivity contribution in [2.45, 2.75) is 25.8 Å². The fourth-order valence-electron chi connectivity index (χ4n) is 2.52. The molecule has 1 aliphatic heterocycles. The normalized spacial score (nSPS) is 18.1. The molecule has 2 heterocycles. The van der Waals surface area contributed by atoms with Crippen LogP contribution in [0.15, 0.2) is 18.3 Å². The summed E-state index contributed by atoms with van der Waals surface area (Å²) in [6, 6.07) is 4.35. The third-order valence-corrected chi connectivity index (χ3v) is 3.71. The average molecular weight is 276 g/mol. The van der Waals surface area contributed by atoms with E-state index >= 15 is 0 Å². The molecule has 1 saturated heterocycles. The van der Waals surface area contributed by atoms with Crippen molar-refractivity contribution in [3.63, 3.8) is 0 Å². The molecule has 20 heavy (non-hydrogen) atoms. The molecule has 0 bridgehead atoms. The molecule has 5 nitrogen and oxygen atoms in total. The molecule has 0 radical (unpaired) electrons. The van der Waals surface area contributed by atoms with Gasteiger partial charge in [0, 0.05) is 39.4 Å². The summed E-state index contributed by atoms with van der Waals surface area (Å²) in [4.78, 5) is 20.1. The Hall–Kier alpha value is -1.62. The van der Waals surface area contributed by atoms with Crippen LogP contribution < -0.4 is 10.2 Å². The number of hydrogen-bond donors (Lipinski definition) is 1. The number of nitrogens with zero attached hydrogens (tertiary/aromatic N) is 3. The van der Waals surface area contributed by atoms with Gasteiger partial charge in [-0.05, 0) is 38.4 Å². The minimum Gasteiger partial charge on any atom is -0.355 e. The number of anilines is 1. The van der Waals surface area contributed by atoms with Gasteiger partial charge in [-0.25, -0.2) is 4.98 Å².